The summed E-state index contributed by atoms with van der Waals surface area (Å²) in [7, 11) is 0. The van der Waals surface area contributed by atoms with Crippen LogP contribution < -0.4 is 5.32 Å². The Hall–Kier alpha value is -3.75. The summed E-state index contributed by atoms with van der Waals surface area (Å²) in [6, 6.07) is 8.83. The second kappa shape index (κ2) is 12.4. The summed E-state index contributed by atoms with van der Waals surface area (Å²) in [5, 5.41) is 20.9. The average Bonchev–Trinajstić information content (AvgIpc) is 3.41. The Morgan fingerprint density at radius 2 is 1.71 bits per heavy atom. The van der Waals surface area contributed by atoms with Crippen LogP contribution in [0.15, 0.2) is 47.2 Å². The molecule has 0 aliphatic carbocycles. The van der Waals surface area contributed by atoms with Crippen LogP contribution in [0.1, 0.15) is 57.6 Å². The normalized spacial score (nSPS) is 14.1. The molecule has 41 heavy (non-hydrogen) atoms. The standard InChI is InChI=1S/C26H29F6N5O4/c1-23(2,10-7-11-24(3,26(30,31)32)41-15-17-8-5-4-6-9-17)12-13-33-21-18(25(27,28)29)14-19(37(38)39)20(35-21)22-36-34-16-40-22/h4-6,8-9,14,16H,7,10-13,15H2,1-3H3,(H,33,35). The van der Waals surface area contributed by atoms with Crippen molar-refractivity contribution < 1.29 is 40.4 Å². The van der Waals surface area contributed by atoms with Crippen LogP contribution in [-0.4, -0.2) is 38.4 Å². The van der Waals surface area contributed by atoms with E-state index < -0.39 is 56.9 Å². The van der Waals surface area contributed by atoms with Crippen LogP contribution >= 0.6 is 0 Å². The van der Waals surface area contributed by atoms with E-state index in [-0.39, 0.29) is 32.4 Å². The quantitative estimate of drug-likeness (QED) is 0.123. The van der Waals surface area contributed by atoms with E-state index in [0.29, 0.717) is 18.1 Å². The zero-order chi connectivity index (χ0) is 30.5. The van der Waals surface area contributed by atoms with E-state index in [1.165, 1.54) is 0 Å². The second-order valence-corrected chi connectivity index (χ2v) is 10.4. The fraction of sp³-hybridized carbons (Fsp3) is 0.500. The fourth-order valence-electron chi connectivity index (χ4n) is 4.09. The molecule has 9 nitrogen and oxygen atoms in total. The molecule has 0 amide bonds. The predicted octanol–water partition coefficient (Wildman–Crippen LogP) is 7.59. The molecule has 0 spiro atoms. The highest BCUT2D eigenvalue weighted by molar-refractivity contribution is 5.67. The number of aromatic nitrogens is 3. The minimum absolute atomic E-state index is 0.0504. The maximum atomic E-state index is 13.9. The lowest BCUT2D eigenvalue weighted by molar-refractivity contribution is -0.384. The average molecular weight is 590 g/mol. The number of halogens is 6. The molecule has 224 valence electrons. The largest absolute Gasteiger partial charge is 0.422 e. The molecule has 0 saturated heterocycles. The van der Waals surface area contributed by atoms with Crippen LogP contribution in [0, 0.1) is 15.5 Å². The molecule has 2 heterocycles. The van der Waals surface area contributed by atoms with Crippen LogP contribution in [-0.2, 0) is 17.5 Å². The van der Waals surface area contributed by atoms with Gasteiger partial charge in [0.1, 0.15) is 11.4 Å². The Morgan fingerprint density at radius 3 is 2.27 bits per heavy atom. The van der Waals surface area contributed by atoms with Gasteiger partial charge in [-0.2, -0.15) is 26.3 Å². The third-order valence-corrected chi connectivity index (χ3v) is 6.67. The highest BCUT2D eigenvalue weighted by Gasteiger charge is 2.52. The van der Waals surface area contributed by atoms with E-state index >= 15 is 0 Å². The van der Waals surface area contributed by atoms with Gasteiger partial charge in [0, 0.05) is 12.6 Å². The van der Waals surface area contributed by atoms with Crippen molar-refractivity contribution in [3.8, 4) is 11.6 Å². The number of rotatable bonds is 13. The number of hydrogen-bond donors (Lipinski definition) is 1. The first-order chi connectivity index (χ1) is 19.0. The molecule has 1 aromatic carbocycles. The molecular weight excluding hydrogens is 560 g/mol. The molecule has 0 aliphatic heterocycles. The van der Waals surface area contributed by atoms with Crippen LogP contribution in [0.25, 0.3) is 11.6 Å². The van der Waals surface area contributed by atoms with Crippen LogP contribution in [0.2, 0.25) is 0 Å². The summed E-state index contributed by atoms with van der Waals surface area (Å²) in [5.74, 6) is -1.11. The number of pyridine rings is 1. The first-order valence-corrected chi connectivity index (χ1v) is 12.5. The first kappa shape index (κ1) is 31.8. The van der Waals surface area contributed by atoms with Gasteiger partial charge in [-0.15, -0.1) is 10.2 Å². The molecule has 2 aromatic heterocycles. The SMILES string of the molecule is CC(C)(CCCC(C)(OCc1ccccc1)C(F)(F)F)CCNc1nc(-c2nnco2)c([N+](=O)[O-])cc1C(F)(F)F. The summed E-state index contributed by atoms with van der Waals surface area (Å²) in [6.07, 6.45) is -8.32. The third-order valence-electron chi connectivity index (χ3n) is 6.67. The molecule has 3 rings (SSSR count). The van der Waals surface area contributed by atoms with E-state index in [2.05, 4.69) is 20.5 Å². The third kappa shape index (κ3) is 8.38. The summed E-state index contributed by atoms with van der Waals surface area (Å²) >= 11 is 0. The van der Waals surface area contributed by atoms with E-state index in [1.807, 2.05) is 0 Å². The van der Waals surface area contributed by atoms with Crippen LogP contribution in [0.3, 0.4) is 0 Å². The first-order valence-electron chi connectivity index (χ1n) is 12.5. The number of nitrogens with zero attached hydrogens (tertiary/aromatic N) is 4. The van der Waals surface area contributed by atoms with Crippen molar-refractivity contribution in [1.29, 1.82) is 0 Å². The van der Waals surface area contributed by atoms with Crippen molar-refractivity contribution in [1.82, 2.24) is 15.2 Å². The molecule has 1 unspecified atom stereocenters. The number of alkyl halides is 6. The number of nitro groups is 1. The number of anilines is 1. The molecule has 0 aliphatic rings. The maximum Gasteiger partial charge on any atom is 0.420 e. The van der Waals surface area contributed by atoms with Crippen molar-refractivity contribution in [2.75, 3.05) is 11.9 Å². The highest BCUT2D eigenvalue weighted by atomic mass is 19.4. The van der Waals surface area contributed by atoms with Gasteiger partial charge in [-0.05, 0) is 43.6 Å². The lowest BCUT2D eigenvalue weighted by atomic mass is 9.82. The highest BCUT2D eigenvalue weighted by Crippen LogP contribution is 2.41. The molecule has 0 saturated carbocycles. The van der Waals surface area contributed by atoms with Crippen molar-refractivity contribution >= 4 is 11.5 Å². The van der Waals surface area contributed by atoms with Gasteiger partial charge in [0.05, 0.1) is 11.5 Å². The van der Waals surface area contributed by atoms with Crippen molar-refractivity contribution in [2.24, 2.45) is 5.41 Å². The zero-order valence-corrected chi connectivity index (χ0v) is 22.5. The Kier molecular flexibility index (Phi) is 9.62. The van der Waals surface area contributed by atoms with Gasteiger partial charge in [-0.1, -0.05) is 44.2 Å². The van der Waals surface area contributed by atoms with Gasteiger partial charge in [-0.3, -0.25) is 10.1 Å². The summed E-state index contributed by atoms with van der Waals surface area (Å²) in [6.45, 7) is 4.31. The Balaban J connectivity index is 1.66. The van der Waals surface area contributed by atoms with Gasteiger partial charge in [0.2, 0.25) is 12.1 Å². The predicted molar refractivity (Wildman–Crippen MR) is 136 cm³/mol. The Labute approximate surface area is 231 Å². The summed E-state index contributed by atoms with van der Waals surface area (Å²) < 4.78 is 93.0. The van der Waals surface area contributed by atoms with Crippen LogP contribution in [0.4, 0.5) is 37.8 Å². The van der Waals surface area contributed by atoms with Gasteiger partial charge in [0.15, 0.2) is 5.60 Å². The summed E-state index contributed by atoms with van der Waals surface area (Å²) in [4.78, 5) is 14.2. The monoisotopic (exact) mass is 589 g/mol. The number of benzene rings is 1. The number of hydrogen-bond acceptors (Lipinski definition) is 8. The maximum absolute atomic E-state index is 13.9. The Morgan fingerprint density at radius 1 is 1.02 bits per heavy atom. The summed E-state index contributed by atoms with van der Waals surface area (Å²) in [5.41, 5.74) is -5.21. The van der Waals surface area contributed by atoms with Crippen LogP contribution in [0.5, 0.6) is 0 Å². The smallest absolute Gasteiger partial charge is 0.420 e. The van der Waals surface area contributed by atoms with Crippen molar-refractivity contribution in [3.05, 3.63) is 64.0 Å². The van der Waals surface area contributed by atoms with Gasteiger partial charge < -0.3 is 14.5 Å². The lowest BCUT2D eigenvalue weighted by Crippen LogP contribution is -2.44. The van der Waals surface area contributed by atoms with Crippen molar-refractivity contribution in [2.45, 2.75) is 71.0 Å². The molecular formula is C26H29F6N5O4. The molecule has 0 radical (unpaired) electrons. The second-order valence-electron chi connectivity index (χ2n) is 10.4. The molecule has 15 heteroatoms. The van der Waals surface area contributed by atoms with E-state index in [9.17, 15) is 36.5 Å². The molecule has 3 aromatic rings. The van der Waals surface area contributed by atoms with E-state index in [4.69, 9.17) is 9.15 Å². The van der Waals surface area contributed by atoms with E-state index in [1.54, 1.807) is 44.2 Å². The minimum Gasteiger partial charge on any atom is -0.422 e. The molecule has 1 atom stereocenters. The topological polar surface area (TPSA) is 116 Å². The van der Waals surface area contributed by atoms with Gasteiger partial charge in [0.25, 0.3) is 5.89 Å². The minimum atomic E-state index is -4.97. The van der Waals surface area contributed by atoms with Gasteiger partial charge in [-0.25, -0.2) is 4.98 Å². The molecule has 0 fully saturated rings. The molecule has 0 bridgehead atoms. The number of ether oxygens (including phenoxy) is 1. The zero-order valence-electron chi connectivity index (χ0n) is 22.5. The van der Waals surface area contributed by atoms with Gasteiger partial charge >= 0.3 is 18.0 Å². The lowest BCUT2D eigenvalue weighted by Gasteiger charge is -2.34. The number of nitrogens with one attached hydrogen (secondary N) is 1. The molecule has 1 N–H and O–H groups in total. The van der Waals surface area contributed by atoms with Crippen molar-refractivity contribution in [3.63, 3.8) is 0 Å². The van der Waals surface area contributed by atoms with E-state index in [0.717, 1.165) is 13.3 Å². The Bertz CT molecular complexity index is 1300. The fourth-order valence-corrected chi connectivity index (χ4v) is 4.09.